The number of anilines is 1. The van der Waals surface area contributed by atoms with Crippen molar-refractivity contribution >= 4 is 28.2 Å². The Morgan fingerprint density at radius 2 is 2.25 bits per heavy atom. The number of esters is 1. The molecular weight excluding hydrogens is 256 g/mol. The van der Waals surface area contributed by atoms with Gasteiger partial charge in [-0.15, -0.1) is 0 Å². The smallest absolute Gasteiger partial charge is 0.342 e. The summed E-state index contributed by atoms with van der Waals surface area (Å²) in [6, 6.07) is 5.39. The molecule has 3 heterocycles. The first-order chi connectivity index (χ1) is 9.63. The molecule has 0 aliphatic carbocycles. The summed E-state index contributed by atoms with van der Waals surface area (Å²) >= 11 is 0. The van der Waals surface area contributed by atoms with Crippen LogP contribution >= 0.6 is 0 Å². The van der Waals surface area contributed by atoms with Crippen LogP contribution < -0.4 is 5.73 Å². The van der Waals surface area contributed by atoms with Crippen LogP contribution in [0.1, 0.15) is 23.0 Å². The lowest BCUT2D eigenvalue weighted by atomic mass is 10.2. The van der Waals surface area contributed by atoms with Crippen LogP contribution in [-0.2, 0) is 4.74 Å². The standard InChI is InChI=1S/C14H14N4O2/c1-3-20-14(19)12-8(2)17-18-10-5-4-6-16-13(10)9(15)7-11(12)18/h4-7H,3,15H2,1-2H3. The molecule has 0 spiro atoms. The summed E-state index contributed by atoms with van der Waals surface area (Å²) in [7, 11) is 0. The number of hydrogen-bond acceptors (Lipinski definition) is 5. The van der Waals surface area contributed by atoms with Crippen LogP contribution in [0.15, 0.2) is 24.4 Å². The summed E-state index contributed by atoms with van der Waals surface area (Å²) in [5.41, 5.74) is 9.66. The van der Waals surface area contributed by atoms with Gasteiger partial charge in [-0.2, -0.15) is 5.10 Å². The molecule has 6 nitrogen and oxygen atoms in total. The first kappa shape index (κ1) is 12.4. The van der Waals surface area contributed by atoms with Crippen molar-refractivity contribution in [1.82, 2.24) is 14.6 Å². The molecule has 0 saturated carbocycles. The SMILES string of the molecule is CCOC(=O)c1c(C)nn2c1cc(N)c1ncccc12. The molecule has 0 atom stereocenters. The summed E-state index contributed by atoms with van der Waals surface area (Å²) < 4.78 is 6.76. The van der Waals surface area contributed by atoms with Gasteiger partial charge >= 0.3 is 5.97 Å². The van der Waals surface area contributed by atoms with Crippen LogP contribution in [0.5, 0.6) is 0 Å². The summed E-state index contributed by atoms with van der Waals surface area (Å²) in [6.07, 6.45) is 1.67. The van der Waals surface area contributed by atoms with E-state index in [4.69, 9.17) is 10.5 Å². The Labute approximate surface area is 115 Å². The number of rotatable bonds is 2. The van der Waals surface area contributed by atoms with E-state index in [9.17, 15) is 4.79 Å². The van der Waals surface area contributed by atoms with Gasteiger partial charge in [-0.25, -0.2) is 9.31 Å². The van der Waals surface area contributed by atoms with E-state index in [1.165, 1.54) is 0 Å². The van der Waals surface area contributed by atoms with Crippen molar-refractivity contribution in [2.24, 2.45) is 0 Å². The highest BCUT2D eigenvalue weighted by atomic mass is 16.5. The van der Waals surface area contributed by atoms with Crippen molar-refractivity contribution < 1.29 is 9.53 Å². The van der Waals surface area contributed by atoms with Gasteiger partial charge < -0.3 is 10.5 Å². The molecule has 3 aromatic heterocycles. The highest BCUT2D eigenvalue weighted by molar-refractivity contribution is 6.01. The zero-order valence-electron chi connectivity index (χ0n) is 11.3. The van der Waals surface area contributed by atoms with E-state index in [1.807, 2.05) is 12.1 Å². The van der Waals surface area contributed by atoms with Crippen molar-refractivity contribution in [2.45, 2.75) is 13.8 Å². The van der Waals surface area contributed by atoms with Crippen LogP contribution in [0.25, 0.3) is 16.6 Å². The summed E-state index contributed by atoms with van der Waals surface area (Å²) in [4.78, 5) is 16.3. The van der Waals surface area contributed by atoms with Gasteiger partial charge in [-0.1, -0.05) is 0 Å². The van der Waals surface area contributed by atoms with E-state index in [0.717, 1.165) is 5.52 Å². The number of fused-ring (bicyclic) bond motifs is 3. The number of nitrogens with two attached hydrogens (primary N) is 1. The molecular formula is C14H14N4O2. The average Bonchev–Trinajstić information content (AvgIpc) is 2.76. The molecule has 102 valence electrons. The second-order valence-corrected chi connectivity index (χ2v) is 4.45. The normalized spacial score (nSPS) is 11.1. The van der Waals surface area contributed by atoms with Crippen molar-refractivity contribution in [1.29, 1.82) is 0 Å². The number of ether oxygens (including phenoxy) is 1. The Balaban J connectivity index is 2.39. The molecule has 0 saturated heterocycles. The molecule has 0 aliphatic rings. The Morgan fingerprint density at radius 1 is 1.45 bits per heavy atom. The predicted molar refractivity (Wildman–Crippen MR) is 75.6 cm³/mol. The molecule has 0 unspecified atom stereocenters. The third-order valence-electron chi connectivity index (χ3n) is 3.16. The van der Waals surface area contributed by atoms with Crippen molar-refractivity contribution in [3.05, 3.63) is 35.7 Å². The largest absolute Gasteiger partial charge is 0.462 e. The van der Waals surface area contributed by atoms with Gasteiger partial charge in [0.25, 0.3) is 0 Å². The number of pyridine rings is 2. The molecule has 6 heteroatoms. The number of hydrogen-bond donors (Lipinski definition) is 1. The third kappa shape index (κ3) is 1.69. The second kappa shape index (κ2) is 4.48. The zero-order chi connectivity index (χ0) is 14.3. The first-order valence-corrected chi connectivity index (χ1v) is 6.33. The maximum absolute atomic E-state index is 12.1. The van der Waals surface area contributed by atoms with Gasteiger partial charge in [0.2, 0.25) is 0 Å². The van der Waals surface area contributed by atoms with E-state index in [1.54, 1.807) is 30.6 Å². The number of aryl methyl sites for hydroxylation is 1. The molecule has 0 amide bonds. The predicted octanol–water partition coefficient (Wildman–Crippen LogP) is 1.95. The fourth-order valence-corrected chi connectivity index (χ4v) is 2.32. The van der Waals surface area contributed by atoms with Gasteiger partial charge in [0.15, 0.2) is 0 Å². The van der Waals surface area contributed by atoms with E-state index in [-0.39, 0.29) is 5.97 Å². The highest BCUT2D eigenvalue weighted by Gasteiger charge is 2.20. The molecule has 0 radical (unpaired) electrons. The van der Waals surface area contributed by atoms with Crippen LogP contribution in [0.3, 0.4) is 0 Å². The number of nitrogens with zero attached hydrogens (tertiary/aromatic N) is 3. The lowest BCUT2D eigenvalue weighted by Gasteiger charge is -2.05. The third-order valence-corrected chi connectivity index (χ3v) is 3.16. The Hall–Kier alpha value is -2.63. The Kier molecular flexibility index (Phi) is 2.78. The lowest BCUT2D eigenvalue weighted by Crippen LogP contribution is -2.06. The fraction of sp³-hybridized carbons (Fsp3) is 0.214. The fourth-order valence-electron chi connectivity index (χ4n) is 2.32. The van der Waals surface area contributed by atoms with Crippen LogP contribution in [0.4, 0.5) is 5.69 Å². The van der Waals surface area contributed by atoms with Crippen LogP contribution in [0, 0.1) is 6.92 Å². The highest BCUT2D eigenvalue weighted by Crippen LogP contribution is 2.25. The maximum atomic E-state index is 12.1. The van der Waals surface area contributed by atoms with Gasteiger partial charge in [-0.3, -0.25) is 4.98 Å². The molecule has 0 fully saturated rings. The van der Waals surface area contributed by atoms with Gasteiger partial charge in [0.1, 0.15) is 11.1 Å². The molecule has 0 bridgehead atoms. The first-order valence-electron chi connectivity index (χ1n) is 6.33. The van der Waals surface area contributed by atoms with E-state index in [2.05, 4.69) is 10.1 Å². The van der Waals surface area contributed by atoms with Crippen LogP contribution in [-0.4, -0.2) is 27.2 Å². The molecule has 3 rings (SSSR count). The van der Waals surface area contributed by atoms with Crippen molar-refractivity contribution in [2.75, 3.05) is 12.3 Å². The molecule has 2 N–H and O–H groups in total. The summed E-state index contributed by atoms with van der Waals surface area (Å²) in [5, 5.41) is 4.41. The molecule has 0 aromatic carbocycles. The van der Waals surface area contributed by atoms with E-state index >= 15 is 0 Å². The van der Waals surface area contributed by atoms with Gasteiger partial charge in [0, 0.05) is 6.20 Å². The molecule has 3 aromatic rings. The number of carbonyl (C=O) groups is 1. The van der Waals surface area contributed by atoms with Crippen molar-refractivity contribution in [3.63, 3.8) is 0 Å². The van der Waals surface area contributed by atoms with Crippen molar-refractivity contribution in [3.8, 4) is 0 Å². The van der Waals surface area contributed by atoms with E-state index in [0.29, 0.717) is 34.6 Å². The Morgan fingerprint density at radius 3 is 3.00 bits per heavy atom. The van der Waals surface area contributed by atoms with Crippen LogP contribution in [0.2, 0.25) is 0 Å². The minimum atomic E-state index is -0.386. The number of aromatic nitrogens is 3. The number of nitrogen functional groups attached to an aromatic ring is 1. The lowest BCUT2D eigenvalue weighted by molar-refractivity contribution is 0.0528. The van der Waals surface area contributed by atoms with Gasteiger partial charge in [-0.05, 0) is 32.0 Å². The van der Waals surface area contributed by atoms with E-state index < -0.39 is 0 Å². The maximum Gasteiger partial charge on any atom is 0.342 e. The monoisotopic (exact) mass is 270 g/mol. The second-order valence-electron chi connectivity index (χ2n) is 4.45. The minimum Gasteiger partial charge on any atom is -0.462 e. The molecule has 20 heavy (non-hydrogen) atoms. The zero-order valence-corrected chi connectivity index (χ0v) is 11.3. The average molecular weight is 270 g/mol. The minimum absolute atomic E-state index is 0.320. The molecule has 0 aliphatic heterocycles. The quantitative estimate of drug-likeness (QED) is 0.720. The Bertz CT molecular complexity index is 823. The summed E-state index contributed by atoms with van der Waals surface area (Å²) in [6.45, 7) is 3.87. The number of carbonyl (C=O) groups excluding carboxylic acids is 1. The topological polar surface area (TPSA) is 82.5 Å². The van der Waals surface area contributed by atoms with Gasteiger partial charge in [0.05, 0.1) is 29.0 Å². The summed E-state index contributed by atoms with van der Waals surface area (Å²) in [5.74, 6) is -0.386.